The van der Waals surface area contributed by atoms with Crippen LogP contribution in [0.4, 0.5) is 0 Å². The van der Waals surface area contributed by atoms with Crippen molar-refractivity contribution in [3.63, 3.8) is 0 Å². The summed E-state index contributed by atoms with van der Waals surface area (Å²) in [5.74, 6) is 1.01. The van der Waals surface area contributed by atoms with Gasteiger partial charge in [0.1, 0.15) is 5.75 Å². The van der Waals surface area contributed by atoms with Crippen molar-refractivity contribution < 1.29 is 4.74 Å². The molecule has 1 aliphatic rings. The molecule has 0 aliphatic carbocycles. The summed E-state index contributed by atoms with van der Waals surface area (Å²) < 4.78 is 6.88. The van der Waals surface area contributed by atoms with Crippen LogP contribution in [0.25, 0.3) is 0 Å². The summed E-state index contributed by atoms with van der Waals surface area (Å²) in [4.78, 5) is 0.0740. The highest BCUT2D eigenvalue weighted by atomic mass is 79.9. The van der Waals surface area contributed by atoms with Crippen molar-refractivity contribution in [1.82, 2.24) is 0 Å². The van der Waals surface area contributed by atoms with Gasteiger partial charge in [0.05, 0.1) is 11.4 Å². The van der Waals surface area contributed by atoms with Gasteiger partial charge in [0.25, 0.3) is 0 Å². The van der Waals surface area contributed by atoms with Gasteiger partial charge in [0, 0.05) is 21.5 Å². The summed E-state index contributed by atoms with van der Waals surface area (Å²) in [6, 6.07) is 10.4. The van der Waals surface area contributed by atoms with Crippen molar-refractivity contribution in [3.05, 3.63) is 62.1 Å². The number of aryl methyl sites for hydroxylation is 1. The predicted octanol–water partition coefficient (Wildman–Crippen LogP) is 5.83. The summed E-state index contributed by atoms with van der Waals surface area (Å²) in [5, 5.41) is 0.791. The number of fused-ring (bicyclic) bond motifs is 1. The molecule has 0 N–H and O–H groups in total. The number of alkyl halides is 1. The van der Waals surface area contributed by atoms with Crippen molar-refractivity contribution in [1.29, 1.82) is 0 Å². The van der Waals surface area contributed by atoms with Crippen molar-refractivity contribution in [2.75, 3.05) is 6.61 Å². The highest BCUT2D eigenvalue weighted by Crippen LogP contribution is 2.43. The van der Waals surface area contributed by atoms with E-state index < -0.39 is 0 Å². The first kappa shape index (κ1) is 14.4. The number of hydrogen-bond acceptors (Lipinski definition) is 1. The molecular weight excluding hydrogens is 403 g/mol. The van der Waals surface area contributed by atoms with Gasteiger partial charge in [-0.1, -0.05) is 55.6 Å². The first-order chi connectivity index (χ1) is 9.56. The summed E-state index contributed by atoms with van der Waals surface area (Å²) >= 11 is 13.6. The zero-order chi connectivity index (χ0) is 14.3. The Labute approximate surface area is 140 Å². The van der Waals surface area contributed by atoms with Gasteiger partial charge >= 0.3 is 0 Å². The van der Waals surface area contributed by atoms with Gasteiger partial charge in [-0.15, -0.1) is 0 Å². The van der Waals surface area contributed by atoms with Crippen LogP contribution >= 0.6 is 43.5 Å². The number of ether oxygens (including phenoxy) is 1. The van der Waals surface area contributed by atoms with Crippen LogP contribution in [0, 0.1) is 6.92 Å². The van der Waals surface area contributed by atoms with Gasteiger partial charge in [-0.05, 0) is 41.8 Å². The van der Waals surface area contributed by atoms with E-state index in [4.69, 9.17) is 16.3 Å². The highest BCUT2D eigenvalue weighted by Gasteiger charge is 2.23. The molecule has 1 nitrogen and oxygen atoms in total. The van der Waals surface area contributed by atoms with E-state index in [9.17, 15) is 0 Å². The molecular formula is C16H13Br2ClO. The van der Waals surface area contributed by atoms with E-state index in [2.05, 4.69) is 50.1 Å². The van der Waals surface area contributed by atoms with Gasteiger partial charge in [-0.2, -0.15) is 0 Å². The Morgan fingerprint density at radius 1 is 1.25 bits per heavy atom. The second-order valence-electron chi connectivity index (χ2n) is 4.95. The first-order valence-electron chi connectivity index (χ1n) is 6.41. The normalized spacial score (nSPS) is 14.8. The van der Waals surface area contributed by atoms with Crippen LogP contribution in [0.1, 0.15) is 27.1 Å². The van der Waals surface area contributed by atoms with E-state index in [0.717, 1.165) is 45.0 Å². The van der Waals surface area contributed by atoms with Crippen molar-refractivity contribution in [2.24, 2.45) is 0 Å². The number of hydrogen-bond donors (Lipinski definition) is 0. The lowest BCUT2D eigenvalue weighted by atomic mass is 10.0. The van der Waals surface area contributed by atoms with Crippen LogP contribution in [0.3, 0.4) is 0 Å². The maximum absolute atomic E-state index is 6.23. The molecule has 4 heteroatoms. The predicted molar refractivity (Wildman–Crippen MR) is 90.3 cm³/mol. The molecule has 0 amide bonds. The van der Waals surface area contributed by atoms with E-state index >= 15 is 0 Å². The third-order valence-corrected chi connectivity index (χ3v) is 5.43. The van der Waals surface area contributed by atoms with Crippen LogP contribution in [-0.2, 0) is 6.42 Å². The van der Waals surface area contributed by atoms with Crippen molar-refractivity contribution in [3.8, 4) is 5.75 Å². The van der Waals surface area contributed by atoms with E-state index in [0.29, 0.717) is 0 Å². The number of benzene rings is 2. The average molecular weight is 417 g/mol. The average Bonchev–Trinajstić information content (AvgIpc) is 2.88. The van der Waals surface area contributed by atoms with Crippen LogP contribution in [0.15, 0.2) is 34.8 Å². The third kappa shape index (κ3) is 2.63. The zero-order valence-corrected chi connectivity index (χ0v) is 14.8. The maximum atomic E-state index is 6.23. The standard InChI is InChI=1S/C16H13Br2ClO/c1-9-2-3-10(7-14(9)19)15(18)13-8-12(17)6-11-4-5-20-16(11)13/h2-3,6-8,15H,4-5H2,1H3. The van der Waals surface area contributed by atoms with Crippen LogP contribution < -0.4 is 4.74 Å². The molecule has 104 valence electrons. The minimum atomic E-state index is 0.0740. The topological polar surface area (TPSA) is 9.23 Å². The van der Waals surface area contributed by atoms with Gasteiger partial charge in [0.15, 0.2) is 0 Å². The molecule has 2 aromatic carbocycles. The summed E-state index contributed by atoms with van der Waals surface area (Å²) in [6.45, 7) is 2.77. The fourth-order valence-corrected chi connectivity index (χ4v) is 3.77. The van der Waals surface area contributed by atoms with E-state index in [1.807, 2.05) is 19.1 Å². The highest BCUT2D eigenvalue weighted by molar-refractivity contribution is 9.10. The zero-order valence-electron chi connectivity index (χ0n) is 10.9. The maximum Gasteiger partial charge on any atom is 0.127 e. The fraction of sp³-hybridized carbons (Fsp3) is 0.250. The Kier molecular flexibility index (Phi) is 4.11. The van der Waals surface area contributed by atoms with Crippen LogP contribution in [0.5, 0.6) is 5.75 Å². The molecule has 0 radical (unpaired) electrons. The Morgan fingerprint density at radius 2 is 2.05 bits per heavy atom. The summed E-state index contributed by atoms with van der Waals surface area (Å²) in [7, 11) is 0. The molecule has 1 aliphatic heterocycles. The largest absolute Gasteiger partial charge is 0.493 e. The van der Waals surface area contributed by atoms with Gasteiger partial charge in [-0.3, -0.25) is 0 Å². The minimum absolute atomic E-state index is 0.0740. The number of rotatable bonds is 2. The second kappa shape index (κ2) is 5.70. The minimum Gasteiger partial charge on any atom is -0.493 e. The molecule has 0 aromatic heterocycles. The molecule has 20 heavy (non-hydrogen) atoms. The van der Waals surface area contributed by atoms with E-state index in [1.54, 1.807) is 0 Å². The Balaban J connectivity index is 2.06. The second-order valence-corrected chi connectivity index (χ2v) is 7.19. The van der Waals surface area contributed by atoms with Crippen molar-refractivity contribution in [2.45, 2.75) is 18.2 Å². The van der Waals surface area contributed by atoms with E-state index in [-0.39, 0.29) is 4.83 Å². The fourth-order valence-electron chi connectivity index (χ4n) is 2.43. The molecule has 0 fully saturated rings. The van der Waals surface area contributed by atoms with E-state index in [1.165, 1.54) is 5.56 Å². The quantitative estimate of drug-likeness (QED) is 0.560. The smallest absolute Gasteiger partial charge is 0.127 e. The molecule has 1 unspecified atom stereocenters. The molecule has 0 bridgehead atoms. The van der Waals surface area contributed by atoms with Crippen LogP contribution in [-0.4, -0.2) is 6.61 Å². The summed E-state index contributed by atoms with van der Waals surface area (Å²) in [6.07, 6.45) is 0.968. The monoisotopic (exact) mass is 414 g/mol. The Bertz CT molecular complexity index is 670. The van der Waals surface area contributed by atoms with Crippen molar-refractivity contribution >= 4 is 43.5 Å². The molecule has 0 saturated heterocycles. The third-order valence-electron chi connectivity index (χ3n) is 3.54. The Hall–Kier alpha value is -0.510. The lowest BCUT2D eigenvalue weighted by Gasteiger charge is -2.16. The van der Waals surface area contributed by atoms with Gasteiger partial charge in [0.2, 0.25) is 0 Å². The van der Waals surface area contributed by atoms with Gasteiger partial charge < -0.3 is 4.74 Å². The SMILES string of the molecule is Cc1ccc(C(Br)c2cc(Br)cc3c2OCC3)cc1Cl. The first-order valence-corrected chi connectivity index (χ1v) is 8.50. The molecule has 2 aromatic rings. The summed E-state index contributed by atoms with van der Waals surface area (Å²) in [5.41, 5.74) is 4.63. The van der Waals surface area contributed by atoms with Crippen LogP contribution in [0.2, 0.25) is 5.02 Å². The molecule has 0 spiro atoms. The lowest BCUT2D eigenvalue weighted by molar-refractivity contribution is 0.354. The lowest BCUT2D eigenvalue weighted by Crippen LogP contribution is -1.97. The molecule has 1 atom stereocenters. The number of halogens is 3. The molecule has 3 rings (SSSR count). The Morgan fingerprint density at radius 3 is 2.80 bits per heavy atom. The molecule has 1 heterocycles. The van der Waals surface area contributed by atoms with Gasteiger partial charge in [-0.25, -0.2) is 0 Å². The molecule has 0 saturated carbocycles.